The normalized spacial score (nSPS) is 17.9. The van der Waals surface area contributed by atoms with Crippen LogP contribution in [0.1, 0.15) is 25.1 Å². The molecule has 0 unspecified atom stereocenters. The van der Waals surface area contributed by atoms with Crippen molar-refractivity contribution in [3.63, 3.8) is 0 Å². The second-order valence-corrected chi connectivity index (χ2v) is 3.46. The lowest BCUT2D eigenvalue weighted by atomic mass is 10.2. The van der Waals surface area contributed by atoms with Gasteiger partial charge in [0.15, 0.2) is 11.7 Å². The Hall–Kier alpha value is -1.72. The predicted octanol–water partition coefficient (Wildman–Crippen LogP) is -0.0222. The van der Waals surface area contributed by atoms with Gasteiger partial charge in [-0.1, -0.05) is 0 Å². The third-order valence-electron chi connectivity index (χ3n) is 2.30. The number of amidine groups is 1. The van der Waals surface area contributed by atoms with E-state index in [0.29, 0.717) is 11.7 Å². The molecule has 2 heterocycles. The maximum absolute atomic E-state index is 5.78. The van der Waals surface area contributed by atoms with E-state index in [4.69, 9.17) is 5.73 Å². The molecule has 1 saturated heterocycles. The van der Waals surface area contributed by atoms with Crippen LogP contribution in [0.4, 0.5) is 0 Å². The smallest absolute Gasteiger partial charge is 0.199 e. The molecule has 0 atom stereocenters. The van der Waals surface area contributed by atoms with E-state index < -0.39 is 0 Å². The zero-order chi connectivity index (χ0) is 10.5. The zero-order valence-corrected chi connectivity index (χ0v) is 8.50. The number of piperidine rings is 1. The van der Waals surface area contributed by atoms with E-state index in [-0.39, 0.29) is 0 Å². The van der Waals surface area contributed by atoms with Gasteiger partial charge >= 0.3 is 0 Å². The van der Waals surface area contributed by atoms with Gasteiger partial charge in [-0.05, 0) is 19.3 Å². The quantitative estimate of drug-likeness (QED) is 0.543. The lowest BCUT2D eigenvalue weighted by molar-refractivity contribution is 0.239. The molecule has 1 aromatic rings. The maximum atomic E-state index is 5.78. The number of aromatic nitrogens is 3. The van der Waals surface area contributed by atoms with E-state index in [0.717, 1.165) is 13.1 Å². The topological polar surface area (TPSA) is 80.3 Å². The summed E-state index contributed by atoms with van der Waals surface area (Å²) in [4.78, 5) is 11.6. The summed E-state index contributed by atoms with van der Waals surface area (Å²) in [5.74, 6) is 0.801. The molecule has 0 aromatic carbocycles. The van der Waals surface area contributed by atoms with Crippen molar-refractivity contribution in [1.29, 1.82) is 0 Å². The van der Waals surface area contributed by atoms with Crippen LogP contribution in [0.25, 0.3) is 0 Å². The Kier molecular flexibility index (Phi) is 3.06. The van der Waals surface area contributed by atoms with Gasteiger partial charge in [-0.25, -0.2) is 15.0 Å². The number of rotatable bonds is 2. The summed E-state index contributed by atoms with van der Waals surface area (Å²) in [6, 6.07) is 0. The molecule has 0 bridgehead atoms. The van der Waals surface area contributed by atoms with Crippen LogP contribution in [0.3, 0.4) is 0 Å². The Balaban J connectivity index is 2.06. The van der Waals surface area contributed by atoms with Gasteiger partial charge in [-0.3, -0.25) is 5.01 Å². The van der Waals surface area contributed by atoms with Crippen molar-refractivity contribution in [2.75, 3.05) is 13.1 Å². The van der Waals surface area contributed by atoms with Crippen molar-refractivity contribution >= 4 is 5.84 Å². The third kappa shape index (κ3) is 2.61. The van der Waals surface area contributed by atoms with Crippen LogP contribution in [0.15, 0.2) is 17.8 Å². The summed E-state index contributed by atoms with van der Waals surface area (Å²) < 4.78 is 0. The highest BCUT2D eigenvalue weighted by Crippen LogP contribution is 2.08. The molecule has 2 rings (SSSR count). The van der Waals surface area contributed by atoms with Crippen LogP contribution in [-0.4, -0.2) is 38.9 Å². The molecule has 1 aliphatic heterocycles. The lowest BCUT2D eigenvalue weighted by Gasteiger charge is -2.23. The highest BCUT2D eigenvalue weighted by atomic mass is 15.5. The first kappa shape index (κ1) is 9.82. The second-order valence-electron chi connectivity index (χ2n) is 3.46. The van der Waals surface area contributed by atoms with Gasteiger partial charge in [-0.15, -0.1) is 0 Å². The lowest BCUT2D eigenvalue weighted by Crippen LogP contribution is -2.29. The molecule has 80 valence electrons. The summed E-state index contributed by atoms with van der Waals surface area (Å²) in [5, 5.41) is 6.26. The van der Waals surface area contributed by atoms with E-state index in [1.165, 1.54) is 31.9 Å². The van der Waals surface area contributed by atoms with Crippen molar-refractivity contribution in [1.82, 2.24) is 20.0 Å². The van der Waals surface area contributed by atoms with E-state index in [1.807, 2.05) is 5.01 Å². The monoisotopic (exact) mass is 206 g/mol. The van der Waals surface area contributed by atoms with Crippen molar-refractivity contribution in [3.05, 3.63) is 18.5 Å². The van der Waals surface area contributed by atoms with Crippen LogP contribution < -0.4 is 5.73 Å². The molecule has 2 N–H and O–H groups in total. The van der Waals surface area contributed by atoms with Crippen molar-refractivity contribution in [2.45, 2.75) is 19.3 Å². The molecule has 0 amide bonds. The van der Waals surface area contributed by atoms with Crippen LogP contribution in [0, 0.1) is 0 Å². The molecule has 0 radical (unpaired) electrons. The van der Waals surface area contributed by atoms with Crippen molar-refractivity contribution in [2.24, 2.45) is 10.8 Å². The number of hydrogen-bond acceptors (Lipinski definition) is 5. The molecule has 6 nitrogen and oxygen atoms in total. The Morgan fingerprint density at radius 2 is 1.87 bits per heavy atom. The van der Waals surface area contributed by atoms with E-state index in [9.17, 15) is 0 Å². The minimum Gasteiger partial charge on any atom is -0.379 e. The highest BCUT2D eigenvalue weighted by Gasteiger charge is 2.09. The zero-order valence-electron chi connectivity index (χ0n) is 8.50. The fourth-order valence-corrected chi connectivity index (χ4v) is 1.55. The number of hydrogen-bond donors (Lipinski definition) is 1. The average molecular weight is 206 g/mol. The van der Waals surface area contributed by atoms with Crippen LogP contribution in [0.5, 0.6) is 0 Å². The first-order chi connectivity index (χ1) is 7.36. The Labute approximate surface area is 88.2 Å². The second kappa shape index (κ2) is 4.68. The summed E-state index contributed by atoms with van der Waals surface area (Å²) in [6.45, 7) is 1.93. The third-order valence-corrected chi connectivity index (χ3v) is 2.30. The molecule has 1 aromatic heterocycles. The first-order valence-electron chi connectivity index (χ1n) is 5.07. The van der Waals surface area contributed by atoms with E-state index >= 15 is 0 Å². The summed E-state index contributed by atoms with van der Waals surface area (Å²) in [5.41, 5.74) is 5.78. The van der Waals surface area contributed by atoms with Gasteiger partial charge in [0, 0.05) is 13.1 Å². The molecule has 1 aliphatic rings. The molecule has 0 spiro atoms. The Morgan fingerprint density at radius 3 is 2.53 bits per heavy atom. The molecule has 1 fully saturated rings. The maximum Gasteiger partial charge on any atom is 0.199 e. The summed E-state index contributed by atoms with van der Waals surface area (Å²) in [7, 11) is 0. The minimum absolute atomic E-state index is 0.360. The van der Waals surface area contributed by atoms with Gasteiger partial charge in [0.25, 0.3) is 0 Å². The van der Waals surface area contributed by atoms with Gasteiger partial charge in [0.2, 0.25) is 0 Å². The van der Waals surface area contributed by atoms with Crippen LogP contribution in [0.2, 0.25) is 0 Å². The largest absolute Gasteiger partial charge is 0.379 e. The summed E-state index contributed by atoms with van der Waals surface area (Å²) >= 11 is 0. The van der Waals surface area contributed by atoms with Crippen molar-refractivity contribution < 1.29 is 0 Å². The van der Waals surface area contributed by atoms with Gasteiger partial charge in [-0.2, -0.15) is 5.10 Å². The summed E-state index contributed by atoms with van der Waals surface area (Å²) in [6.07, 6.45) is 6.46. The van der Waals surface area contributed by atoms with Crippen LogP contribution in [-0.2, 0) is 0 Å². The van der Waals surface area contributed by atoms with Gasteiger partial charge in [0.1, 0.15) is 12.7 Å². The Morgan fingerprint density at radius 1 is 1.20 bits per heavy atom. The van der Waals surface area contributed by atoms with Gasteiger partial charge in [0.05, 0.1) is 0 Å². The predicted molar refractivity (Wildman–Crippen MR) is 56.0 cm³/mol. The minimum atomic E-state index is 0.360. The molecular weight excluding hydrogens is 192 g/mol. The fourth-order valence-electron chi connectivity index (χ4n) is 1.55. The average Bonchev–Trinajstić information content (AvgIpc) is 2.31. The fraction of sp³-hybridized carbons (Fsp3) is 0.556. The van der Waals surface area contributed by atoms with E-state index in [1.54, 1.807) is 0 Å². The van der Waals surface area contributed by atoms with Crippen LogP contribution >= 0.6 is 0 Å². The number of nitrogens with two attached hydrogens (primary N) is 1. The van der Waals surface area contributed by atoms with E-state index in [2.05, 4.69) is 20.1 Å². The first-order valence-corrected chi connectivity index (χ1v) is 5.07. The van der Waals surface area contributed by atoms with Gasteiger partial charge < -0.3 is 5.73 Å². The standard InChI is InChI=1S/C9H14N6/c10-8(9-12-6-11-7-13-9)14-15-4-2-1-3-5-15/h6-7H,1-5H2,(H2,10,14). The number of hydrazone groups is 1. The number of nitrogens with zero attached hydrogens (tertiary/aromatic N) is 5. The molecular formula is C9H14N6. The molecule has 0 aliphatic carbocycles. The Bertz CT molecular complexity index is 330. The molecule has 15 heavy (non-hydrogen) atoms. The van der Waals surface area contributed by atoms with Crippen molar-refractivity contribution in [3.8, 4) is 0 Å². The molecule has 0 saturated carbocycles. The molecule has 6 heteroatoms. The SMILES string of the molecule is NC(=NN1CCCCC1)c1ncncn1. The highest BCUT2D eigenvalue weighted by molar-refractivity contribution is 5.93.